The highest BCUT2D eigenvalue weighted by Gasteiger charge is 2.39. The zero-order valence-corrected chi connectivity index (χ0v) is 18.6. The maximum Gasteiger partial charge on any atom is 0.191 e. The van der Waals surface area contributed by atoms with Crippen molar-refractivity contribution in [2.24, 2.45) is 16.6 Å². The number of nitrogens with two attached hydrogens (primary N) is 1. The van der Waals surface area contributed by atoms with Crippen molar-refractivity contribution in [2.45, 2.75) is 57.4 Å². The number of halogens is 1. The fraction of sp³-hybridized carbons (Fsp3) is 0.947. The van der Waals surface area contributed by atoms with Crippen LogP contribution in [0.25, 0.3) is 0 Å². The SMILES string of the molecule is CC1CCCN(C(N)=NCC2(N3CCCCC3)CCN(C)CC2)C1.I. The Morgan fingerprint density at radius 1 is 1.04 bits per heavy atom. The van der Waals surface area contributed by atoms with Crippen molar-refractivity contribution in [3.05, 3.63) is 0 Å². The molecule has 0 spiro atoms. The average Bonchev–Trinajstić information content (AvgIpc) is 2.62. The van der Waals surface area contributed by atoms with Gasteiger partial charge >= 0.3 is 0 Å². The molecule has 3 heterocycles. The van der Waals surface area contributed by atoms with E-state index in [1.54, 1.807) is 0 Å². The smallest absolute Gasteiger partial charge is 0.191 e. The second-order valence-corrected chi connectivity index (χ2v) is 8.44. The first-order valence-electron chi connectivity index (χ1n) is 10.1. The summed E-state index contributed by atoms with van der Waals surface area (Å²) in [6.07, 6.45) is 9.13. The molecule has 0 aliphatic carbocycles. The van der Waals surface area contributed by atoms with Gasteiger partial charge in [0.25, 0.3) is 0 Å². The quantitative estimate of drug-likeness (QED) is 0.397. The van der Waals surface area contributed by atoms with Crippen LogP contribution in [0.2, 0.25) is 0 Å². The highest BCUT2D eigenvalue weighted by Crippen LogP contribution is 2.31. The molecule has 5 nitrogen and oxygen atoms in total. The maximum atomic E-state index is 6.39. The minimum atomic E-state index is 0. The van der Waals surface area contributed by atoms with Crippen LogP contribution in [0.1, 0.15) is 51.9 Å². The zero-order chi connectivity index (χ0) is 17.0. The van der Waals surface area contributed by atoms with E-state index in [2.05, 4.69) is 28.7 Å². The third kappa shape index (κ3) is 5.45. The molecule has 0 aromatic heterocycles. The van der Waals surface area contributed by atoms with Crippen molar-refractivity contribution in [1.29, 1.82) is 0 Å². The molecule has 0 amide bonds. The van der Waals surface area contributed by atoms with Crippen molar-refractivity contribution in [3.8, 4) is 0 Å². The number of hydrogen-bond acceptors (Lipinski definition) is 3. The van der Waals surface area contributed by atoms with E-state index in [-0.39, 0.29) is 29.5 Å². The Morgan fingerprint density at radius 3 is 2.36 bits per heavy atom. The lowest BCUT2D eigenvalue weighted by Crippen LogP contribution is -2.58. The Labute approximate surface area is 171 Å². The molecular weight excluding hydrogens is 425 g/mol. The fourth-order valence-electron chi connectivity index (χ4n) is 4.70. The summed E-state index contributed by atoms with van der Waals surface area (Å²) in [5, 5.41) is 0. The first-order valence-corrected chi connectivity index (χ1v) is 10.1. The minimum Gasteiger partial charge on any atom is -0.370 e. The lowest BCUT2D eigenvalue weighted by molar-refractivity contribution is 0.0206. The van der Waals surface area contributed by atoms with Crippen molar-refractivity contribution in [2.75, 3.05) is 52.9 Å². The fourth-order valence-corrected chi connectivity index (χ4v) is 4.70. The van der Waals surface area contributed by atoms with Gasteiger partial charge in [-0.25, -0.2) is 0 Å². The summed E-state index contributed by atoms with van der Waals surface area (Å²) in [7, 11) is 2.24. The third-order valence-electron chi connectivity index (χ3n) is 6.46. The molecule has 0 radical (unpaired) electrons. The minimum absolute atomic E-state index is 0. The highest BCUT2D eigenvalue weighted by molar-refractivity contribution is 14.0. The Morgan fingerprint density at radius 2 is 1.72 bits per heavy atom. The lowest BCUT2D eigenvalue weighted by atomic mass is 9.84. The number of hydrogen-bond donors (Lipinski definition) is 1. The van der Waals surface area contributed by atoms with Gasteiger partial charge in [0.15, 0.2) is 5.96 Å². The Balaban J connectivity index is 0.00000225. The standard InChI is InChI=1S/C19H37N5.HI/c1-17-7-6-10-23(15-17)18(20)21-16-19(8-13-22(2)14-9-19)24-11-4-3-5-12-24;/h17H,3-16H2,1-2H3,(H2,20,21);1H. The first-order chi connectivity index (χ1) is 11.6. The molecule has 2 N–H and O–H groups in total. The van der Waals surface area contributed by atoms with Gasteiger partial charge in [-0.1, -0.05) is 13.3 Å². The highest BCUT2D eigenvalue weighted by atomic mass is 127. The van der Waals surface area contributed by atoms with Gasteiger partial charge in [0, 0.05) is 18.6 Å². The number of piperidine rings is 3. The molecule has 3 saturated heterocycles. The van der Waals surface area contributed by atoms with E-state index in [9.17, 15) is 0 Å². The van der Waals surface area contributed by atoms with Crippen LogP contribution in [-0.4, -0.2) is 79.1 Å². The molecule has 0 aromatic carbocycles. The maximum absolute atomic E-state index is 6.39. The monoisotopic (exact) mass is 463 g/mol. The molecule has 3 aliphatic rings. The van der Waals surface area contributed by atoms with Crippen LogP contribution in [0.5, 0.6) is 0 Å². The number of aliphatic imine (C=N–C) groups is 1. The van der Waals surface area contributed by atoms with Gasteiger partial charge in [0.05, 0.1) is 6.54 Å². The average molecular weight is 463 g/mol. The molecule has 1 unspecified atom stereocenters. The summed E-state index contributed by atoms with van der Waals surface area (Å²) in [5.41, 5.74) is 6.64. The number of guanidine groups is 1. The number of rotatable bonds is 3. The molecule has 0 aromatic rings. The summed E-state index contributed by atoms with van der Waals surface area (Å²) in [6, 6.07) is 0. The van der Waals surface area contributed by atoms with Crippen LogP contribution in [0, 0.1) is 5.92 Å². The summed E-state index contributed by atoms with van der Waals surface area (Å²) < 4.78 is 0. The molecule has 3 aliphatic heterocycles. The van der Waals surface area contributed by atoms with Crippen LogP contribution in [0.3, 0.4) is 0 Å². The number of likely N-dealkylation sites (tertiary alicyclic amines) is 3. The van der Waals surface area contributed by atoms with Gasteiger partial charge in [-0.3, -0.25) is 9.89 Å². The Bertz CT molecular complexity index is 428. The van der Waals surface area contributed by atoms with E-state index < -0.39 is 0 Å². The van der Waals surface area contributed by atoms with Gasteiger partial charge < -0.3 is 15.5 Å². The van der Waals surface area contributed by atoms with Gasteiger partial charge in [-0.2, -0.15) is 0 Å². The summed E-state index contributed by atoms with van der Waals surface area (Å²) in [5.74, 6) is 1.53. The van der Waals surface area contributed by atoms with Gasteiger partial charge in [-0.05, 0) is 77.7 Å². The van der Waals surface area contributed by atoms with E-state index >= 15 is 0 Å². The topological polar surface area (TPSA) is 48.1 Å². The second-order valence-electron chi connectivity index (χ2n) is 8.44. The molecule has 6 heteroatoms. The number of nitrogens with zero attached hydrogens (tertiary/aromatic N) is 4. The van der Waals surface area contributed by atoms with E-state index in [0.717, 1.165) is 31.5 Å². The molecule has 146 valence electrons. The molecule has 0 saturated carbocycles. The van der Waals surface area contributed by atoms with Crippen LogP contribution in [-0.2, 0) is 0 Å². The first kappa shape index (κ1) is 21.2. The molecule has 1 atom stereocenters. The van der Waals surface area contributed by atoms with E-state index in [4.69, 9.17) is 10.7 Å². The normalized spacial score (nSPS) is 29.3. The molecule has 3 fully saturated rings. The summed E-state index contributed by atoms with van der Waals surface area (Å²) in [6.45, 7) is 10.2. The zero-order valence-electron chi connectivity index (χ0n) is 16.3. The van der Waals surface area contributed by atoms with Crippen molar-refractivity contribution < 1.29 is 0 Å². The lowest BCUT2D eigenvalue weighted by Gasteiger charge is -2.49. The van der Waals surface area contributed by atoms with Crippen LogP contribution >= 0.6 is 24.0 Å². The molecule has 0 bridgehead atoms. The van der Waals surface area contributed by atoms with Gasteiger partial charge in [0.1, 0.15) is 0 Å². The van der Waals surface area contributed by atoms with Crippen LogP contribution in [0.15, 0.2) is 4.99 Å². The van der Waals surface area contributed by atoms with Crippen molar-refractivity contribution in [1.82, 2.24) is 14.7 Å². The third-order valence-corrected chi connectivity index (χ3v) is 6.46. The second kappa shape index (κ2) is 9.74. The predicted molar refractivity (Wildman–Crippen MR) is 117 cm³/mol. The largest absolute Gasteiger partial charge is 0.370 e. The van der Waals surface area contributed by atoms with E-state index in [1.165, 1.54) is 71.1 Å². The summed E-state index contributed by atoms with van der Waals surface area (Å²) in [4.78, 5) is 12.5. The van der Waals surface area contributed by atoms with Crippen LogP contribution < -0.4 is 5.73 Å². The van der Waals surface area contributed by atoms with E-state index in [0.29, 0.717) is 0 Å². The van der Waals surface area contributed by atoms with E-state index in [1.807, 2.05) is 0 Å². The van der Waals surface area contributed by atoms with Crippen molar-refractivity contribution >= 4 is 29.9 Å². The molecule has 3 rings (SSSR count). The van der Waals surface area contributed by atoms with Gasteiger partial charge in [0.2, 0.25) is 0 Å². The molecular formula is C19H38IN5. The predicted octanol–water partition coefficient (Wildman–Crippen LogP) is 2.60. The Hall–Kier alpha value is -0.0800. The Kier molecular flexibility index (Phi) is 8.27. The van der Waals surface area contributed by atoms with Crippen LogP contribution in [0.4, 0.5) is 0 Å². The van der Waals surface area contributed by atoms with Gasteiger partial charge in [-0.15, -0.1) is 24.0 Å². The summed E-state index contributed by atoms with van der Waals surface area (Å²) >= 11 is 0. The van der Waals surface area contributed by atoms with Crippen molar-refractivity contribution in [3.63, 3.8) is 0 Å². The molecule has 25 heavy (non-hydrogen) atoms.